The molecule has 2 heterocycles. The molecule has 4 nitrogen and oxygen atoms in total. The fourth-order valence-electron chi connectivity index (χ4n) is 4.01. The van der Waals surface area contributed by atoms with E-state index in [-0.39, 0.29) is 0 Å². The van der Waals surface area contributed by atoms with E-state index in [9.17, 15) is 0 Å². The van der Waals surface area contributed by atoms with Crippen molar-refractivity contribution < 1.29 is 4.74 Å². The summed E-state index contributed by atoms with van der Waals surface area (Å²) in [5.74, 6) is 0.969. The van der Waals surface area contributed by atoms with Gasteiger partial charge in [-0.15, -0.1) is 0 Å². The van der Waals surface area contributed by atoms with E-state index in [1.165, 1.54) is 22.2 Å². The van der Waals surface area contributed by atoms with Gasteiger partial charge in [0.15, 0.2) is 0 Å². The standard InChI is InChI=1S/C22H27N3O/c1-23-17-18(19-7-3-4-8-20(19)23)11-12-24-13-15-25(16-14-24)21-9-5-6-10-22(21)26-2/h3-10,17H,11-16H2,1-2H3. The highest BCUT2D eigenvalue weighted by molar-refractivity contribution is 5.83. The monoisotopic (exact) mass is 349 g/mol. The van der Waals surface area contributed by atoms with Crippen molar-refractivity contribution in [2.75, 3.05) is 44.7 Å². The second kappa shape index (κ2) is 7.42. The topological polar surface area (TPSA) is 20.6 Å². The minimum atomic E-state index is 0.969. The van der Waals surface area contributed by atoms with Crippen LogP contribution in [0.25, 0.3) is 10.9 Å². The van der Waals surface area contributed by atoms with Crippen molar-refractivity contribution in [1.29, 1.82) is 0 Å². The molecule has 0 atom stereocenters. The lowest BCUT2D eigenvalue weighted by atomic mass is 10.1. The van der Waals surface area contributed by atoms with Crippen molar-refractivity contribution in [3.63, 3.8) is 0 Å². The molecule has 1 fully saturated rings. The molecule has 0 bridgehead atoms. The van der Waals surface area contributed by atoms with Gasteiger partial charge in [0.05, 0.1) is 12.8 Å². The molecule has 0 spiro atoms. The highest BCUT2D eigenvalue weighted by Gasteiger charge is 2.19. The molecule has 26 heavy (non-hydrogen) atoms. The average Bonchev–Trinajstić information content (AvgIpc) is 3.03. The number of benzene rings is 2. The maximum atomic E-state index is 5.52. The Morgan fingerprint density at radius 2 is 1.65 bits per heavy atom. The van der Waals surface area contributed by atoms with Gasteiger partial charge in [0.1, 0.15) is 5.75 Å². The van der Waals surface area contributed by atoms with E-state index in [2.05, 4.69) is 64.0 Å². The van der Waals surface area contributed by atoms with Crippen molar-refractivity contribution in [1.82, 2.24) is 9.47 Å². The number of methoxy groups -OCH3 is 1. The van der Waals surface area contributed by atoms with E-state index in [1.807, 2.05) is 12.1 Å². The van der Waals surface area contributed by atoms with Crippen LogP contribution in [0, 0.1) is 0 Å². The number of ether oxygens (including phenoxy) is 1. The number of hydrogen-bond donors (Lipinski definition) is 0. The van der Waals surface area contributed by atoms with Gasteiger partial charge in [0, 0.05) is 56.9 Å². The Kier molecular flexibility index (Phi) is 4.85. The number of nitrogens with zero attached hydrogens (tertiary/aromatic N) is 3. The van der Waals surface area contributed by atoms with Crippen molar-refractivity contribution >= 4 is 16.6 Å². The molecule has 136 valence electrons. The highest BCUT2D eigenvalue weighted by atomic mass is 16.5. The predicted octanol–water partition coefficient (Wildman–Crippen LogP) is 3.55. The Labute approximate surface area is 155 Å². The van der Waals surface area contributed by atoms with Gasteiger partial charge in [-0.25, -0.2) is 0 Å². The van der Waals surface area contributed by atoms with Gasteiger partial charge in [0.25, 0.3) is 0 Å². The summed E-state index contributed by atoms with van der Waals surface area (Å²) in [6.45, 7) is 5.42. The third kappa shape index (κ3) is 3.29. The molecule has 4 rings (SSSR count). The van der Waals surface area contributed by atoms with Crippen LogP contribution < -0.4 is 9.64 Å². The number of hydrogen-bond acceptors (Lipinski definition) is 3. The van der Waals surface area contributed by atoms with Crippen LogP contribution in [0.5, 0.6) is 5.75 Å². The van der Waals surface area contributed by atoms with Crippen LogP contribution in [0.2, 0.25) is 0 Å². The maximum absolute atomic E-state index is 5.52. The largest absolute Gasteiger partial charge is 0.495 e. The first-order valence-corrected chi connectivity index (χ1v) is 9.39. The second-order valence-corrected chi connectivity index (χ2v) is 7.03. The van der Waals surface area contributed by atoms with Gasteiger partial charge in [-0.05, 0) is 30.2 Å². The predicted molar refractivity (Wildman–Crippen MR) is 108 cm³/mol. The number of rotatable bonds is 5. The highest BCUT2D eigenvalue weighted by Crippen LogP contribution is 2.28. The normalized spacial score (nSPS) is 15.5. The molecule has 1 saturated heterocycles. The van der Waals surface area contributed by atoms with Crippen LogP contribution >= 0.6 is 0 Å². The van der Waals surface area contributed by atoms with E-state index in [4.69, 9.17) is 4.74 Å². The number of aryl methyl sites for hydroxylation is 1. The average molecular weight is 349 g/mol. The molecule has 0 saturated carbocycles. The van der Waals surface area contributed by atoms with Gasteiger partial charge >= 0.3 is 0 Å². The number of fused-ring (bicyclic) bond motifs is 1. The Hall–Kier alpha value is -2.46. The van der Waals surface area contributed by atoms with Crippen LogP contribution in [-0.2, 0) is 13.5 Å². The first kappa shape index (κ1) is 17.0. The second-order valence-electron chi connectivity index (χ2n) is 7.03. The zero-order chi connectivity index (χ0) is 17.9. The lowest BCUT2D eigenvalue weighted by Crippen LogP contribution is -2.47. The van der Waals surface area contributed by atoms with Crippen molar-refractivity contribution in [3.8, 4) is 5.75 Å². The SMILES string of the molecule is COc1ccccc1N1CCN(CCc2cn(C)c3ccccc23)CC1. The summed E-state index contributed by atoms with van der Waals surface area (Å²) in [5.41, 5.74) is 3.99. The summed E-state index contributed by atoms with van der Waals surface area (Å²) < 4.78 is 7.76. The molecule has 1 aromatic heterocycles. The molecular formula is C22H27N3O. The summed E-state index contributed by atoms with van der Waals surface area (Å²) in [6, 6.07) is 17.0. The van der Waals surface area contributed by atoms with Gasteiger partial charge < -0.3 is 14.2 Å². The zero-order valence-corrected chi connectivity index (χ0v) is 15.7. The Morgan fingerprint density at radius 3 is 2.46 bits per heavy atom. The smallest absolute Gasteiger partial charge is 0.142 e. The van der Waals surface area contributed by atoms with Crippen LogP contribution in [0.15, 0.2) is 54.7 Å². The van der Waals surface area contributed by atoms with E-state index >= 15 is 0 Å². The summed E-state index contributed by atoms with van der Waals surface area (Å²) >= 11 is 0. The quantitative estimate of drug-likeness (QED) is 0.703. The molecule has 1 aliphatic heterocycles. The van der Waals surface area contributed by atoms with Gasteiger partial charge in [0.2, 0.25) is 0 Å². The number of anilines is 1. The summed E-state index contributed by atoms with van der Waals surface area (Å²) in [7, 11) is 3.89. The van der Waals surface area contributed by atoms with Gasteiger partial charge in [-0.2, -0.15) is 0 Å². The number of para-hydroxylation sites is 3. The summed E-state index contributed by atoms with van der Waals surface area (Å²) in [4.78, 5) is 5.01. The third-order valence-electron chi connectivity index (χ3n) is 5.47. The minimum Gasteiger partial charge on any atom is -0.495 e. The van der Waals surface area contributed by atoms with Crippen LogP contribution in [0.4, 0.5) is 5.69 Å². The lowest BCUT2D eigenvalue weighted by Gasteiger charge is -2.36. The van der Waals surface area contributed by atoms with E-state index < -0.39 is 0 Å². The molecule has 0 aliphatic carbocycles. The van der Waals surface area contributed by atoms with E-state index in [0.717, 1.165) is 44.9 Å². The van der Waals surface area contributed by atoms with Crippen molar-refractivity contribution in [2.45, 2.75) is 6.42 Å². The number of piperazine rings is 1. The van der Waals surface area contributed by atoms with Gasteiger partial charge in [-0.1, -0.05) is 30.3 Å². The lowest BCUT2D eigenvalue weighted by molar-refractivity contribution is 0.260. The van der Waals surface area contributed by atoms with Crippen molar-refractivity contribution in [3.05, 3.63) is 60.3 Å². The van der Waals surface area contributed by atoms with E-state index in [0.29, 0.717) is 0 Å². The fraction of sp³-hybridized carbons (Fsp3) is 0.364. The molecule has 2 aromatic carbocycles. The summed E-state index contributed by atoms with van der Waals surface area (Å²) in [6.07, 6.45) is 3.39. The first-order chi connectivity index (χ1) is 12.8. The Bertz CT molecular complexity index is 878. The first-order valence-electron chi connectivity index (χ1n) is 9.39. The molecule has 0 amide bonds. The molecule has 3 aromatic rings. The maximum Gasteiger partial charge on any atom is 0.142 e. The minimum absolute atomic E-state index is 0.969. The molecule has 4 heteroatoms. The zero-order valence-electron chi connectivity index (χ0n) is 15.7. The Morgan fingerprint density at radius 1 is 0.923 bits per heavy atom. The molecular weight excluding hydrogens is 322 g/mol. The van der Waals surface area contributed by atoms with Crippen LogP contribution in [0.1, 0.15) is 5.56 Å². The molecule has 0 unspecified atom stereocenters. The Balaban J connectivity index is 1.37. The van der Waals surface area contributed by atoms with Crippen molar-refractivity contribution in [2.24, 2.45) is 7.05 Å². The molecule has 0 N–H and O–H groups in total. The van der Waals surface area contributed by atoms with Crippen LogP contribution in [-0.4, -0.2) is 49.3 Å². The van der Waals surface area contributed by atoms with E-state index in [1.54, 1.807) is 7.11 Å². The fourth-order valence-corrected chi connectivity index (χ4v) is 4.01. The molecule has 1 aliphatic rings. The summed E-state index contributed by atoms with van der Waals surface area (Å²) in [5, 5.41) is 1.39. The molecule has 0 radical (unpaired) electrons. The third-order valence-corrected chi connectivity index (χ3v) is 5.47. The van der Waals surface area contributed by atoms with Gasteiger partial charge in [-0.3, -0.25) is 4.90 Å². The number of aromatic nitrogens is 1. The van der Waals surface area contributed by atoms with Crippen LogP contribution in [0.3, 0.4) is 0 Å².